The number of hydrogen-bond donors (Lipinski definition) is 2. The number of amides is 1. The molecule has 1 aromatic heterocycles. The zero-order valence-electron chi connectivity index (χ0n) is 13.4. The van der Waals surface area contributed by atoms with Crippen molar-refractivity contribution in [1.29, 1.82) is 0 Å². The summed E-state index contributed by atoms with van der Waals surface area (Å²) in [4.78, 5) is 28.5. The standard InChI is InChI=1S/C17H20FN3O2/c1-11-7-8-14(17(23)20-11)16(22)19-10-15(21(2)3)12-5-4-6-13(18)9-12/h4-9,15H,10H2,1-3H3,(H,19,22)(H,20,23). The zero-order chi connectivity index (χ0) is 17.0. The molecule has 0 spiro atoms. The summed E-state index contributed by atoms with van der Waals surface area (Å²) in [7, 11) is 3.70. The van der Waals surface area contributed by atoms with Crippen LogP contribution in [0.4, 0.5) is 4.39 Å². The van der Waals surface area contributed by atoms with Gasteiger partial charge in [-0.25, -0.2) is 4.39 Å². The van der Waals surface area contributed by atoms with Gasteiger partial charge in [-0.05, 0) is 50.8 Å². The van der Waals surface area contributed by atoms with E-state index in [1.165, 1.54) is 18.2 Å². The van der Waals surface area contributed by atoms with Gasteiger partial charge in [0.2, 0.25) is 0 Å². The fraction of sp³-hybridized carbons (Fsp3) is 0.294. The zero-order valence-corrected chi connectivity index (χ0v) is 13.4. The highest BCUT2D eigenvalue weighted by Crippen LogP contribution is 2.18. The van der Waals surface area contributed by atoms with E-state index in [4.69, 9.17) is 0 Å². The van der Waals surface area contributed by atoms with E-state index < -0.39 is 11.5 Å². The Labute approximate surface area is 134 Å². The molecule has 0 radical (unpaired) electrons. The van der Waals surface area contributed by atoms with Crippen LogP contribution >= 0.6 is 0 Å². The van der Waals surface area contributed by atoms with Crippen molar-refractivity contribution < 1.29 is 9.18 Å². The Morgan fingerprint density at radius 3 is 2.65 bits per heavy atom. The number of aromatic nitrogens is 1. The number of carbonyl (C=O) groups excluding carboxylic acids is 1. The maximum atomic E-state index is 13.4. The second kappa shape index (κ2) is 7.19. The normalized spacial score (nSPS) is 12.2. The van der Waals surface area contributed by atoms with Gasteiger partial charge < -0.3 is 15.2 Å². The van der Waals surface area contributed by atoms with E-state index in [9.17, 15) is 14.0 Å². The summed E-state index contributed by atoms with van der Waals surface area (Å²) in [5, 5.41) is 2.74. The largest absolute Gasteiger partial charge is 0.350 e. The molecule has 0 bridgehead atoms. The van der Waals surface area contributed by atoms with Crippen LogP contribution in [0.2, 0.25) is 0 Å². The fourth-order valence-corrected chi connectivity index (χ4v) is 2.35. The minimum Gasteiger partial charge on any atom is -0.350 e. The number of carbonyl (C=O) groups is 1. The Kier molecular flexibility index (Phi) is 5.28. The highest BCUT2D eigenvalue weighted by molar-refractivity contribution is 5.93. The molecule has 0 saturated carbocycles. The molecule has 1 atom stereocenters. The molecule has 0 aliphatic rings. The van der Waals surface area contributed by atoms with E-state index in [0.717, 1.165) is 5.56 Å². The monoisotopic (exact) mass is 317 g/mol. The highest BCUT2D eigenvalue weighted by atomic mass is 19.1. The van der Waals surface area contributed by atoms with E-state index in [1.54, 1.807) is 25.1 Å². The summed E-state index contributed by atoms with van der Waals surface area (Å²) in [5.41, 5.74) is 1.09. The molecule has 1 aromatic carbocycles. The minimum atomic E-state index is -0.450. The number of pyridine rings is 1. The van der Waals surface area contributed by atoms with Crippen LogP contribution in [0.3, 0.4) is 0 Å². The highest BCUT2D eigenvalue weighted by Gasteiger charge is 2.17. The lowest BCUT2D eigenvalue weighted by atomic mass is 10.1. The van der Waals surface area contributed by atoms with Crippen molar-refractivity contribution in [2.24, 2.45) is 0 Å². The Balaban J connectivity index is 2.13. The molecule has 1 amide bonds. The van der Waals surface area contributed by atoms with Crippen LogP contribution in [0.25, 0.3) is 0 Å². The van der Waals surface area contributed by atoms with Gasteiger partial charge in [-0.1, -0.05) is 12.1 Å². The summed E-state index contributed by atoms with van der Waals surface area (Å²) in [6, 6.07) is 9.23. The number of nitrogens with one attached hydrogen (secondary N) is 2. The third kappa shape index (κ3) is 4.26. The lowest BCUT2D eigenvalue weighted by molar-refractivity contribution is 0.0940. The van der Waals surface area contributed by atoms with Crippen molar-refractivity contribution in [3.63, 3.8) is 0 Å². The van der Waals surface area contributed by atoms with Crippen molar-refractivity contribution in [2.75, 3.05) is 20.6 Å². The van der Waals surface area contributed by atoms with Gasteiger partial charge in [0, 0.05) is 12.2 Å². The predicted octanol–water partition coefficient (Wildman–Crippen LogP) is 1.86. The predicted molar refractivity (Wildman–Crippen MR) is 87.0 cm³/mol. The van der Waals surface area contributed by atoms with Crippen LogP contribution in [-0.2, 0) is 0 Å². The van der Waals surface area contributed by atoms with Crippen molar-refractivity contribution in [3.8, 4) is 0 Å². The number of likely N-dealkylation sites (N-methyl/N-ethyl adjacent to an activating group) is 1. The van der Waals surface area contributed by atoms with E-state index >= 15 is 0 Å². The summed E-state index contributed by atoms with van der Waals surface area (Å²) >= 11 is 0. The third-order valence-electron chi connectivity index (χ3n) is 3.61. The number of nitrogens with zero attached hydrogens (tertiary/aromatic N) is 1. The molecule has 0 aliphatic carbocycles. The SMILES string of the molecule is Cc1ccc(C(=O)NCC(c2cccc(F)c2)N(C)C)c(=O)[nH]1. The topological polar surface area (TPSA) is 65.2 Å². The van der Waals surface area contributed by atoms with E-state index in [0.29, 0.717) is 5.69 Å². The second-order valence-electron chi connectivity index (χ2n) is 5.63. The molecular formula is C17H20FN3O2. The van der Waals surface area contributed by atoms with Gasteiger partial charge in [0.25, 0.3) is 11.5 Å². The number of H-pyrrole nitrogens is 1. The van der Waals surface area contributed by atoms with Gasteiger partial charge in [0.15, 0.2) is 0 Å². The van der Waals surface area contributed by atoms with Gasteiger partial charge >= 0.3 is 0 Å². The fourth-order valence-electron chi connectivity index (χ4n) is 2.35. The summed E-state index contributed by atoms with van der Waals surface area (Å²) in [6.45, 7) is 2.01. The number of aromatic amines is 1. The van der Waals surface area contributed by atoms with Crippen LogP contribution in [0.5, 0.6) is 0 Å². The van der Waals surface area contributed by atoms with Gasteiger partial charge in [0.05, 0.1) is 6.04 Å². The first kappa shape index (κ1) is 16.9. The molecule has 5 nitrogen and oxygen atoms in total. The first-order valence-electron chi connectivity index (χ1n) is 7.28. The number of aryl methyl sites for hydroxylation is 1. The van der Waals surface area contributed by atoms with Crippen LogP contribution in [-0.4, -0.2) is 36.4 Å². The third-order valence-corrected chi connectivity index (χ3v) is 3.61. The molecule has 1 unspecified atom stereocenters. The van der Waals surface area contributed by atoms with Crippen LogP contribution in [0, 0.1) is 12.7 Å². The summed E-state index contributed by atoms with van der Waals surface area (Å²) in [6.07, 6.45) is 0. The Morgan fingerprint density at radius 2 is 2.04 bits per heavy atom. The molecule has 23 heavy (non-hydrogen) atoms. The van der Waals surface area contributed by atoms with Gasteiger partial charge in [0.1, 0.15) is 11.4 Å². The average molecular weight is 317 g/mol. The number of rotatable bonds is 5. The van der Waals surface area contributed by atoms with Crippen LogP contribution < -0.4 is 10.9 Å². The number of benzene rings is 1. The molecule has 1 heterocycles. The molecule has 0 aliphatic heterocycles. The Hall–Kier alpha value is -2.47. The summed E-state index contributed by atoms with van der Waals surface area (Å²) in [5.74, 6) is -0.773. The summed E-state index contributed by atoms with van der Waals surface area (Å²) < 4.78 is 13.4. The van der Waals surface area contributed by atoms with Crippen molar-refractivity contribution >= 4 is 5.91 Å². The van der Waals surface area contributed by atoms with Crippen molar-refractivity contribution in [1.82, 2.24) is 15.2 Å². The molecule has 122 valence electrons. The van der Waals surface area contributed by atoms with Crippen LogP contribution in [0.15, 0.2) is 41.2 Å². The first-order valence-corrected chi connectivity index (χ1v) is 7.28. The minimum absolute atomic E-state index is 0.0624. The molecule has 2 rings (SSSR count). The van der Waals surface area contributed by atoms with E-state index in [1.807, 2.05) is 19.0 Å². The van der Waals surface area contributed by atoms with Crippen LogP contribution in [0.1, 0.15) is 27.7 Å². The van der Waals surface area contributed by atoms with Crippen molar-refractivity contribution in [2.45, 2.75) is 13.0 Å². The molecule has 2 aromatic rings. The Bertz CT molecular complexity index is 755. The van der Waals surface area contributed by atoms with Gasteiger partial charge in [-0.15, -0.1) is 0 Å². The average Bonchev–Trinajstić information content (AvgIpc) is 2.47. The molecular weight excluding hydrogens is 297 g/mol. The maximum Gasteiger partial charge on any atom is 0.260 e. The quantitative estimate of drug-likeness (QED) is 0.884. The molecule has 0 fully saturated rings. The molecule has 2 N–H and O–H groups in total. The van der Waals surface area contributed by atoms with E-state index in [-0.39, 0.29) is 24.0 Å². The lowest BCUT2D eigenvalue weighted by Crippen LogP contribution is -2.36. The maximum absolute atomic E-state index is 13.4. The van der Waals surface area contributed by atoms with Gasteiger partial charge in [-0.3, -0.25) is 9.59 Å². The second-order valence-corrected chi connectivity index (χ2v) is 5.63. The number of hydrogen-bond acceptors (Lipinski definition) is 3. The number of halogens is 1. The van der Waals surface area contributed by atoms with Crippen molar-refractivity contribution in [3.05, 3.63) is 69.4 Å². The van der Waals surface area contributed by atoms with Gasteiger partial charge in [-0.2, -0.15) is 0 Å². The smallest absolute Gasteiger partial charge is 0.260 e. The van der Waals surface area contributed by atoms with E-state index in [2.05, 4.69) is 10.3 Å². The first-order chi connectivity index (χ1) is 10.9. The molecule has 0 saturated heterocycles. The Morgan fingerprint density at radius 1 is 1.30 bits per heavy atom. The lowest BCUT2D eigenvalue weighted by Gasteiger charge is -2.25. The molecule has 6 heteroatoms.